The van der Waals surface area contributed by atoms with Gasteiger partial charge < -0.3 is 19.1 Å². The van der Waals surface area contributed by atoms with Gasteiger partial charge in [-0.1, -0.05) is 13.3 Å². The van der Waals surface area contributed by atoms with Gasteiger partial charge in [0.25, 0.3) is 5.91 Å². The number of fused-ring (bicyclic) bond motifs is 1. The Balaban J connectivity index is 1.67. The average Bonchev–Trinajstić information content (AvgIpc) is 3.43. The molecule has 0 unspecified atom stereocenters. The lowest BCUT2D eigenvalue weighted by molar-refractivity contribution is -0.145. The maximum absolute atomic E-state index is 13.0. The molecule has 1 heterocycles. The van der Waals surface area contributed by atoms with E-state index in [-0.39, 0.29) is 23.7 Å². The Bertz CT molecular complexity index is 660. The van der Waals surface area contributed by atoms with Crippen molar-refractivity contribution in [3.05, 3.63) is 23.8 Å². The summed E-state index contributed by atoms with van der Waals surface area (Å²) in [5.41, 5.74) is 0.596. The summed E-state index contributed by atoms with van der Waals surface area (Å²) in [6, 6.07) is 5.33. The molecule has 6 heteroatoms. The minimum absolute atomic E-state index is 0.0232. The number of carbonyl (C=O) groups excluding carboxylic acids is 2. The van der Waals surface area contributed by atoms with Crippen molar-refractivity contribution in [3.63, 3.8) is 0 Å². The molecular weight excluding hydrogens is 334 g/mol. The summed E-state index contributed by atoms with van der Waals surface area (Å²) in [5, 5.41) is 0. The van der Waals surface area contributed by atoms with Crippen LogP contribution in [0.3, 0.4) is 0 Å². The number of unbranched alkanes of at least 4 members (excludes halogenated alkanes) is 1. The molecule has 0 spiro atoms. The van der Waals surface area contributed by atoms with Gasteiger partial charge in [-0.2, -0.15) is 0 Å². The van der Waals surface area contributed by atoms with E-state index in [1.54, 1.807) is 18.2 Å². The third-order valence-electron chi connectivity index (χ3n) is 4.82. The molecule has 26 heavy (non-hydrogen) atoms. The van der Waals surface area contributed by atoms with Crippen LogP contribution in [0, 0.1) is 11.8 Å². The van der Waals surface area contributed by atoms with E-state index in [9.17, 15) is 9.59 Å². The normalized spacial score (nSPS) is 20.4. The van der Waals surface area contributed by atoms with E-state index in [1.807, 2.05) is 11.8 Å². The van der Waals surface area contributed by atoms with E-state index in [4.69, 9.17) is 14.2 Å². The summed E-state index contributed by atoms with van der Waals surface area (Å²) < 4.78 is 16.2. The van der Waals surface area contributed by atoms with Gasteiger partial charge >= 0.3 is 5.97 Å². The number of hydrogen-bond donors (Lipinski definition) is 0. The highest BCUT2D eigenvalue weighted by Crippen LogP contribution is 2.40. The Kier molecular flexibility index (Phi) is 6.01. The second-order valence-electron chi connectivity index (χ2n) is 6.82. The first-order valence-corrected chi connectivity index (χ1v) is 9.49. The van der Waals surface area contributed by atoms with E-state index >= 15 is 0 Å². The molecule has 2 atom stereocenters. The number of esters is 1. The lowest BCUT2D eigenvalue weighted by Gasteiger charge is -2.24. The van der Waals surface area contributed by atoms with Crippen molar-refractivity contribution in [2.24, 2.45) is 11.8 Å². The molecule has 0 N–H and O–H groups in total. The fourth-order valence-corrected chi connectivity index (χ4v) is 3.25. The topological polar surface area (TPSA) is 65.1 Å². The number of ether oxygens (including phenoxy) is 3. The van der Waals surface area contributed by atoms with Crippen LogP contribution < -0.4 is 9.47 Å². The first-order valence-electron chi connectivity index (χ1n) is 9.49. The van der Waals surface area contributed by atoms with Gasteiger partial charge in [0.2, 0.25) is 0 Å². The summed E-state index contributed by atoms with van der Waals surface area (Å²) in [6.07, 6.45) is 2.75. The number of hydrogen-bond acceptors (Lipinski definition) is 5. The third kappa shape index (κ3) is 4.29. The molecule has 6 nitrogen and oxygen atoms in total. The molecule has 0 radical (unpaired) electrons. The molecule has 0 aromatic heterocycles. The number of rotatable bonds is 8. The Morgan fingerprint density at radius 1 is 1.19 bits per heavy atom. The number of amides is 1. The van der Waals surface area contributed by atoms with Gasteiger partial charge in [0, 0.05) is 18.7 Å². The second kappa shape index (κ2) is 8.43. The Hall–Kier alpha value is -2.24. The maximum Gasteiger partial charge on any atom is 0.309 e. The Labute approximate surface area is 154 Å². The standard InChI is InChI=1S/C20H27NO5/c1-3-5-8-21(13-15-11-16(15)20(23)24-4-2)19(22)14-6-7-17-18(12-14)26-10-9-25-17/h6-7,12,15-16H,3-5,8-11,13H2,1-2H3/t15-,16-/m0/s1. The fourth-order valence-electron chi connectivity index (χ4n) is 3.25. The van der Waals surface area contributed by atoms with Crippen LogP contribution >= 0.6 is 0 Å². The van der Waals surface area contributed by atoms with Gasteiger partial charge in [-0.05, 0) is 43.9 Å². The summed E-state index contributed by atoms with van der Waals surface area (Å²) in [4.78, 5) is 26.7. The summed E-state index contributed by atoms with van der Waals surface area (Å²) in [7, 11) is 0. The zero-order valence-electron chi connectivity index (χ0n) is 15.5. The molecule has 1 aliphatic carbocycles. The highest BCUT2D eigenvalue weighted by atomic mass is 16.6. The molecule has 1 aliphatic heterocycles. The van der Waals surface area contributed by atoms with Crippen LogP contribution in [-0.2, 0) is 9.53 Å². The zero-order valence-corrected chi connectivity index (χ0v) is 15.5. The summed E-state index contributed by atoms with van der Waals surface area (Å²) in [6.45, 7) is 6.62. The van der Waals surface area contributed by atoms with E-state index in [0.29, 0.717) is 50.0 Å². The second-order valence-corrected chi connectivity index (χ2v) is 6.82. The third-order valence-corrected chi connectivity index (χ3v) is 4.82. The van der Waals surface area contributed by atoms with Crippen LogP contribution in [0.4, 0.5) is 0 Å². The first kappa shape index (κ1) is 18.5. The minimum Gasteiger partial charge on any atom is -0.486 e. The Morgan fingerprint density at radius 3 is 2.69 bits per heavy atom. The SMILES string of the molecule is CCCCN(C[C@@H]1C[C@@H]1C(=O)OCC)C(=O)c1ccc2c(c1)OCCO2. The van der Waals surface area contributed by atoms with Crippen LogP contribution in [0.5, 0.6) is 11.5 Å². The largest absolute Gasteiger partial charge is 0.486 e. The van der Waals surface area contributed by atoms with E-state index in [2.05, 4.69) is 6.92 Å². The molecule has 3 rings (SSSR count). The average molecular weight is 361 g/mol. The van der Waals surface area contributed by atoms with E-state index in [1.165, 1.54) is 0 Å². The summed E-state index contributed by atoms with van der Waals surface area (Å²) >= 11 is 0. The van der Waals surface area contributed by atoms with Crippen LogP contribution in [0.1, 0.15) is 43.5 Å². The molecule has 2 aliphatic rings. The molecule has 1 saturated carbocycles. The van der Waals surface area contributed by atoms with Crippen molar-refractivity contribution in [2.75, 3.05) is 32.9 Å². The van der Waals surface area contributed by atoms with Gasteiger partial charge in [0.1, 0.15) is 13.2 Å². The van der Waals surface area contributed by atoms with E-state index in [0.717, 1.165) is 19.3 Å². The number of nitrogens with zero attached hydrogens (tertiary/aromatic N) is 1. The molecule has 0 bridgehead atoms. The van der Waals surface area contributed by atoms with Crippen LogP contribution in [0.15, 0.2) is 18.2 Å². The number of benzene rings is 1. The first-order chi connectivity index (χ1) is 12.6. The van der Waals surface area contributed by atoms with Crippen molar-refractivity contribution in [1.29, 1.82) is 0 Å². The molecule has 1 fully saturated rings. The van der Waals surface area contributed by atoms with Crippen molar-refractivity contribution >= 4 is 11.9 Å². The van der Waals surface area contributed by atoms with Gasteiger partial charge in [0.05, 0.1) is 12.5 Å². The van der Waals surface area contributed by atoms with Gasteiger partial charge in [-0.25, -0.2) is 0 Å². The van der Waals surface area contributed by atoms with E-state index < -0.39 is 0 Å². The smallest absolute Gasteiger partial charge is 0.309 e. The molecule has 1 aromatic rings. The minimum atomic E-state index is -0.139. The van der Waals surface area contributed by atoms with Crippen molar-refractivity contribution in [2.45, 2.75) is 33.1 Å². The molecule has 142 valence electrons. The van der Waals surface area contributed by atoms with Crippen LogP contribution in [0.25, 0.3) is 0 Å². The van der Waals surface area contributed by atoms with Crippen molar-refractivity contribution in [1.82, 2.24) is 4.90 Å². The van der Waals surface area contributed by atoms with Crippen molar-refractivity contribution < 1.29 is 23.8 Å². The predicted octanol–water partition coefficient (Wildman–Crippen LogP) is 2.90. The molecule has 1 aromatic carbocycles. The van der Waals surface area contributed by atoms with Gasteiger partial charge in [0.15, 0.2) is 11.5 Å². The monoisotopic (exact) mass is 361 g/mol. The lowest BCUT2D eigenvalue weighted by atomic mass is 10.1. The van der Waals surface area contributed by atoms with Crippen LogP contribution in [0.2, 0.25) is 0 Å². The highest BCUT2D eigenvalue weighted by molar-refractivity contribution is 5.95. The lowest BCUT2D eigenvalue weighted by Crippen LogP contribution is -2.34. The molecule has 0 saturated heterocycles. The maximum atomic E-state index is 13.0. The van der Waals surface area contributed by atoms with Gasteiger partial charge in [-0.15, -0.1) is 0 Å². The predicted molar refractivity (Wildman–Crippen MR) is 96.5 cm³/mol. The quantitative estimate of drug-likeness (QED) is 0.666. The van der Waals surface area contributed by atoms with Crippen molar-refractivity contribution in [3.8, 4) is 11.5 Å². The van der Waals surface area contributed by atoms with Gasteiger partial charge in [-0.3, -0.25) is 9.59 Å². The highest BCUT2D eigenvalue weighted by Gasteiger charge is 2.45. The summed E-state index contributed by atoms with van der Waals surface area (Å²) in [5.74, 6) is 1.27. The molecule has 1 amide bonds. The number of carbonyl (C=O) groups is 2. The fraction of sp³-hybridized carbons (Fsp3) is 0.600. The zero-order chi connectivity index (χ0) is 18.5. The Morgan fingerprint density at radius 2 is 1.96 bits per heavy atom. The molecular formula is C20H27NO5. The van der Waals surface area contributed by atoms with Crippen LogP contribution in [-0.4, -0.2) is 49.7 Å².